The first-order valence-corrected chi connectivity index (χ1v) is 12.1. The van der Waals surface area contributed by atoms with E-state index in [0.29, 0.717) is 18.6 Å². The van der Waals surface area contributed by atoms with Crippen LogP contribution in [0.15, 0.2) is 59.5 Å². The van der Waals surface area contributed by atoms with Gasteiger partial charge in [0, 0.05) is 48.7 Å². The molecule has 0 bridgehead atoms. The first-order chi connectivity index (χ1) is 18.0. The number of halogens is 2. The van der Waals surface area contributed by atoms with Gasteiger partial charge in [0.15, 0.2) is 5.65 Å². The lowest BCUT2D eigenvalue weighted by Gasteiger charge is -2.28. The van der Waals surface area contributed by atoms with Gasteiger partial charge in [0.05, 0.1) is 30.4 Å². The molecule has 0 saturated carbocycles. The van der Waals surface area contributed by atoms with E-state index in [9.17, 15) is 9.18 Å². The summed E-state index contributed by atoms with van der Waals surface area (Å²) >= 11 is 6.24. The minimum absolute atomic E-state index is 0.0114. The van der Waals surface area contributed by atoms with E-state index in [1.165, 1.54) is 31.4 Å². The van der Waals surface area contributed by atoms with Crippen LogP contribution in [0.5, 0.6) is 0 Å². The van der Waals surface area contributed by atoms with Crippen molar-refractivity contribution in [2.24, 2.45) is 0 Å². The van der Waals surface area contributed by atoms with Gasteiger partial charge in [-0.3, -0.25) is 4.79 Å². The Bertz CT molecular complexity index is 1440. The molecule has 2 aromatic heterocycles. The van der Waals surface area contributed by atoms with Crippen molar-refractivity contribution in [1.82, 2.24) is 14.7 Å². The molecule has 0 spiro atoms. The van der Waals surface area contributed by atoms with Crippen LogP contribution in [-0.2, 0) is 9.47 Å². The fourth-order valence-corrected chi connectivity index (χ4v) is 4.37. The highest BCUT2D eigenvalue weighted by atomic mass is 35.5. The van der Waals surface area contributed by atoms with Gasteiger partial charge < -0.3 is 24.5 Å². The third-order valence-corrected chi connectivity index (χ3v) is 6.26. The summed E-state index contributed by atoms with van der Waals surface area (Å²) in [6.07, 6.45) is 1.54. The number of rotatable bonds is 8. The summed E-state index contributed by atoms with van der Waals surface area (Å²) in [5.41, 5.74) is 1.53. The summed E-state index contributed by atoms with van der Waals surface area (Å²) < 4.78 is 26.2. The molecule has 1 aliphatic rings. The molecule has 1 saturated heterocycles. The average Bonchev–Trinajstić information content (AvgIpc) is 2.91. The van der Waals surface area contributed by atoms with Gasteiger partial charge in [-0.2, -0.15) is 4.98 Å². The summed E-state index contributed by atoms with van der Waals surface area (Å²) in [5, 5.41) is 3.75. The van der Waals surface area contributed by atoms with E-state index in [2.05, 4.69) is 20.2 Å². The molecule has 1 fully saturated rings. The average molecular weight is 526 g/mol. The van der Waals surface area contributed by atoms with Gasteiger partial charge in [-0.1, -0.05) is 17.7 Å². The van der Waals surface area contributed by atoms with Gasteiger partial charge in [-0.05, 0) is 42.5 Å². The van der Waals surface area contributed by atoms with Gasteiger partial charge in [-0.15, -0.1) is 4.73 Å². The predicted molar refractivity (Wildman–Crippen MR) is 140 cm³/mol. The fourth-order valence-electron chi connectivity index (χ4n) is 4.10. The van der Waals surface area contributed by atoms with Gasteiger partial charge >= 0.3 is 0 Å². The van der Waals surface area contributed by atoms with Crippen molar-refractivity contribution in [1.29, 1.82) is 0 Å². The van der Waals surface area contributed by atoms with Crippen LogP contribution in [0.25, 0.3) is 22.2 Å². The molecule has 0 atom stereocenters. The largest absolute Gasteiger partial charge is 0.406 e. The smallest absolute Gasteiger partial charge is 0.293 e. The van der Waals surface area contributed by atoms with E-state index in [0.717, 1.165) is 29.2 Å². The van der Waals surface area contributed by atoms with E-state index in [4.69, 9.17) is 25.9 Å². The second-order valence-corrected chi connectivity index (χ2v) is 8.73. The standard InChI is InChI=1S/C26H25ClFN5O4/c1-35-13-14-37-33-24-17(15-20(25(33)34)23-21(27)3-2-4-22(23)28)16-29-26(31-24)30-18-5-7-19(8-6-18)32-9-11-36-12-10-32/h2-8,15-16H,9-14H2,1H3,(H,29,30,31). The number of nitrogens with one attached hydrogen (secondary N) is 1. The Balaban J connectivity index is 1.50. The van der Waals surface area contributed by atoms with Crippen LogP contribution in [0.4, 0.5) is 21.7 Å². The zero-order valence-corrected chi connectivity index (χ0v) is 20.9. The van der Waals surface area contributed by atoms with E-state index < -0.39 is 11.4 Å². The van der Waals surface area contributed by atoms with Crippen LogP contribution in [0.1, 0.15) is 0 Å². The molecule has 0 unspecified atom stereocenters. The maximum atomic E-state index is 14.7. The highest BCUT2D eigenvalue weighted by molar-refractivity contribution is 6.33. The van der Waals surface area contributed by atoms with Crippen LogP contribution in [0.2, 0.25) is 5.02 Å². The van der Waals surface area contributed by atoms with Crippen LogP contribution in [0.3, 0.4) is 0 Å². The lowest BCUT2D eigenvalue weighted by molar-refractivity contribution is 0.0584. The Morgan fingerprint density at radius 1 is 1.14 bits per heavy atom. The number of methoxy groups -OCH3 is 1. The summed E-state index contributed by atoms with van der Waals surface area (Å²) in [4.78, 5) is 30.3. The predicted octanol–water partition coefficient (Wildman–Crippen LogP) is 3.91. The monoisotopic (exact) mass is 525 g/mol. The topological polar surface area (TPSA) is 90.7 Å². The Labute approximate surface area is 217 Å². The number of benzene rings is 2. The van der Waals surface area contributed by atoms with Gasteiger partial charge in [0.25, 0.3) is 5.56 Å². The molecular formula is C26H25ClFN5O4. The molecule has 1 N–H and O–H groups in total. The number of fused-ring (bicyclic) bond motifs is 1. The molecule has 192 valence electrons. The van der Waals surface area contributed by atoms with Crippen molar-refractivity contribution in [2.75, 3.05) is 56.8 Å². The lowest BCUT2D eigenvalue weighted by atomic mass is 10.1. The van der Waals surface area contributed by atoms with Crippen LogP contribution >= 0.6 is 11.6 Å². The highest BCUT2D eigenvalue weighted by Crippen LogP contribution is 2.30. The van der Waals surface area contributed by atoms with E-state index in [-0.39, 0.29) is 41.0 Å². The third-order valence-electron chi connectivity index (χ3n) is 5.94. The molecule has 3 heterocycles. The SMILES string of the molecule is COCCOn1c(=O)c(-c2c(F)cccc2Cl)cc2cnc(Nc3ccc(N4CCOCC4)cc3)nc21. The third kappa shape index (κ3) is 5.36. The molecule has 11 heteroatoms. The molecule has 9 nitrogen and oxygen atoms in total. The Hall–Kier alpha value is -3.73. The summed E-state index contributed by atoms with van der Waals surface area (Å²) in [6.45, 7) is 3.44. The molecular weight excluding hydrogens is 501 g/mol. The van der Waals surface area contributed by atoms with Crippen LogP contribution in [-0.4, -0.2) is 61.3 Å². The molecule has 0 aliphatic carbocycles. The van der Waals surface area contributed by atoms with Crippen LogP contribution < -0.4 is 20.6 Å². The van der Waals surface area contributed by atoms with Crippen molar-refractivity contribution in [2.45, 2.75) is 0 Å². The Morgan fingerprint density at radius 3 is 2.65 bits per heavy atom. The van der Waals surface area contributed by atoms with Crippen LogP contribution in [0, 0.1) is 5.82 Å². The minimum Gasteiger partial charge on any atom is -0.406 e. The normalized spacial score (nSPS) is 13.6. The number of hydrogen-bond donors (Lipinski definition) is 1. The lowest BCUT2D eigenvalue weighted by Crippen LogP contribution is -2.36. The first kappa shape index (κ1) is 24.9. The second-order valence-electron chi connectivity index (χ2n) is 8.32. The van der Waals surface area contributed by atoms with Crippen molar-refractivity contribution in [3.05, 3.63) is 75.9 Å². The molecule has 2 aromatic carbocycles. The van der Waals surface area contributed by atoms with Gasteiger partial charge in [0.1, 0.15) is 12.4 Å². The fraction of sp³-hybridized carbons (Fsp3) is 0.269. The number of hydrogen-bond acceptors (Lipinski definition) is 8. The number of nitrogens with zero attached hydrogens (tertiary/aromatic N) is 4. The highest BCUT2D eigenvalue weighted by Gasteiger charge is 2.19. The molecule has 1 aliphatic heterocycles. The number of pyridine rings is 1. The van der Waals surface area contributed by atoms with Gasteiger partial charge in [0.2, 0.25) is 5.95 Å². The van der Waals surface area contributed by atoms with E-state index >= 15 is 0 Å². The zero-order chi connectivity index (χ0) is 25.8. The number of ether oxygens (including phenoxy) is 2. The van der Waals surface area contributed by atoms with Crippen molar-refractivity contribution < 1.29 is 18.7 Å². The summed E-state index contributed by atoms with van der Waals surface area (Å²) in [6, 6.07) is 13.7. The van der Waals surface area contributed by atoms with Crippen molar-refractivity contribution in [3.63, 3.8) is 0 Å². The Morgan fingerprint density at radius 2 is 1.92 bits per heavy atom. The molecule has 37 heavy (non-hydrogen) atoms. The molecule has 0 amide bonds. The quantitative estimate of drug-likeness (QED) is 0.346. The van der Waals surface area contributed by atoms with Crippen molar-refractivity contribution in [3.8, 4) is 11.1 Å². The number of morpholine rings is 1. The second kappa shape index (κ2) is 11.1. The Kier molecular flexibility index (Phi) is 7.50. The minimum atomic E-state index is -0.618. The van der Waals surface area contributed by atoms with Gasteiger partial charge in [-0.25, -0.2) is 9.37 Å². The molecule has 0 radical (unpaired) electrons. The summed E-state index contributed by atoms with van der Waals surface area (Å²) in [5.74, 6) is -0.348. The summed E-state index contributed by atoms with van der Waals surface area (Å²) in [7, 11) is 1.52. The van der Waals surface area contributed by atoms with E-state index in [1.807, 2.05) is 24.3 Å². The van der Waals surface area contributed by atoms with E-state index in [1.54, 1.807) is 6.20 Å². The maximum Gasteiger partial charge on any atom is 0.293 e. The molecule has 4 aromatic rings. The first-order valence-electron chi connectivity index (χ1n) is 11.7. The zero-order valence-electron chi connectivity index (χ0n) is 20.1. The van der Waals surface area contributed by atoms with Crippen molar-refractivity contribution >= 4 is 40.0 Å². The number of aromatic nitrogens is 3. The molecule has 5 rings (SSSR count). The number of anilines is 3. The maximum absolute atomic E-state index is 14.7.